The van der Waals surface area contributed by atoms with Gasteiger partial charge in [-0.25, -0.2) is 0 Å². The van der Waals surface area contributed by atoms with Gasteiger partial charge in [0, 0.05) is 17.0 Å². The van der Waals surface area contributed by atoms with E-state index in [4.69, 9.17) is 0 Å². The summed E-state index contributed by atoms with van der Waals surface area (Å²) in [5.41, 5.74) is 0. The van der Waals surface area contributed by atoms with Crippen LogP contribution < -0.4 is 0 Å². The maximum atomic E-state index is 12.2. The summed E-state index contributed by atoms with van der Waals surface area (Å²) in [5.74, 6) is 0.287. The highest BCUT2D eigenvalue weighted by Gasteiger charge is 2.30. The van der Waals surface area contributed by atoms with Crippen molar-refractivity contribution in [3.8, 4) is 0 Å². The van der Waals surface area contributed by atoms with Crippen LogP contribution in [0.2, 0.25) is 0 Å². The van der Waals surface area contributed by atoms with Crippen LogP contribution in [0, 0.1) is 6.92 Å². The molecule has 0 bridgehead atoms. The summed E-state index contributed by atoms with van der Waals surface area (Å²) in [6.45, 7) is 7.10. The average molecular weight is 251 g/mol. The minimum absolute atomic E-state index is 0.287. The van der Waals surface area contributed by atoms with Crippen LogP contribution in [0.4, 0.5) is 0 Å². The molecule has 17 heavy (non-hydrogen) atoms. The lowest BCUT2D eigenvalue weighted by Crippen LogP contribution is -2.38. The molecule has 2 heterocycles. The third-order valence-corrected chi connectivity index (χ3v) is 4.81. The minimum atomic E-state index is 0.287. The molecule has 3 heteroatoms. The molecule has 2 nitrogen and oxygen atoms in total. The first kappa shape index (κ1) is 12.8. The number of Topliss-reactive ketones (excluding diaryl/α,β-unsaturated/α-hetero) is 1. The third kappa shape index (κ3) is 2.78. The molecule has 0 radical (unpaired) electrons. The van der Waals surface area contributed by atoms with Crippen LogP contribution in [0.15, 0.2) is 12.1 Å². The number of rotatable bonds is 4. The minimum Gasteiger partial charge on any atom is -0.292 e. The topological polar surface area (TPSA) is 20.3 Å². The zero-order chi connectivity index (χ0) is 12.4. The lowest BCUT2D eigenvalue weighted by atomic mass is 10.1. The van der Waals surface area contributed by atoms with Crippen molar-refractivity contribution in [3.05, 3.63) is 21.9 Å². The number of ketones is 1. The predicted molar refractivity (Wildman–Crippen MR) is 72.9 cm³/mol. The molecule has 1 aromatic rings. The average Bonchev–Trinajstić information content (AvgIpc) is 2.87. The van der Waals surface area contributed by atoms with Gasteiger partial charge in [0.1, 0.15) is 0 Å². The molecule has 2 atom stereocenters. The van der Waals surface area contributed by atoms with E-state index in [-0.39, 0.29) is 5.78 Å². The van der Waals surface area contributed by atoms with Crippen molar-refractivity contribution >= 4 is 17.1 Å². The van der Waals surface area contributed by atoms with E-state index in [2.05, 4.69) is 25.7 Å². The van der Waals surface area contributed by atoms with Crippen LogP contribution in [0.3, 0.4) is 0 Å². The zero-order valence-corrected chi connectivity index (χ0v) is 11.7. The van der Waals surface area contributed by atoms with Gasteiger partial charge in [-0.05, 0) is 45.2 Å². The molecule has 94 valence electrons. The molecular formula is C14H21NOS. The molecule has 0 N–H and O–H groups in total. The second-order valence-electron chi connectivity index (χ2n) is 4.99. The maximum absolute atomic E-state index is 12.2. The molecule has 0 spiro atoms. The fourth-order valence-electron chi connectivity index (χ4n) is 2.68. The van der Waals surface area contributed by atoms with Crippen LogP contribution >= 0.6 is 11.3 Å². The van der Waals surface area contributed by atoms with Crippen molar-refractivity contribution in [3.63, 3.8) is 0 Å². The lowest BCUT2D eigenvalue weighted by molar-refractivity contribution is 0.0893. The summed E-state index contributed by atoms with van der Waals surface area (Å²) in [6, 6.07) is 5.16. The summed E-state index contributed by atoms with van der Waals surface area (Å²) in [4.78, 5) is 16.7. The monoisotopic (exact) mass is 251 g/mol. The predicted octanol–water partition coefficient (Wildman–Crippen LogP) is 3.50. The SMILES string of the molecule is CCC1CCC(C)N1CC(=O)c1ccc(C)s1. The van der Waals surface area contributed by atoms with Crippen LogP contribution in [-0.4, -0.2) is 29.3 Å². The largest absolute Gasteiger partial charge is 0.292 e. The normalized spacial score (nSPS) is 25.4. The summed E-state index contributed by atoms with van der Waals surface area (Å²) in [7, 11) is 0. The van der Waals surface area contributed by atoms with Gasteiger partial charge >= 0.3 is 0 Å². The van der Waals surface area contributed by atoms with Crippen molar-refractivity contribution < 1.29 is 4.79 Å². The van der Waals surface area contributed by atoms with Gasteiger partial charge in [0.05, 0.1) is 11.4 Å². The smallest absolute Gasteiger partial charge is 0.186 e. The number of aryl methyl sites for hydroxylation is 1. The van der Waals surface area contributed by atoms with Crippen LogP contribution in [0.25, 0.3) is 0 Å². The van der Waals surface area contributed by atoms with E-state index in [1.165, 1.54) is 17.7 Å². The molecular weight excluding hydrogens is 230 g/mol. The number of hydrogen-bond donors (Lipinski definition) is 0. The first-order valence-corrected chi connectivity index (χ1v) is 7.28. The molecule has 1 fully saturated rings. The molecule has 0 aliphatic carbocycles. The highest BCUT2D eigenvalue weighted by molar-refractivity contribution is 7.14. The Hall–Kier alpha value is -0.670. The molecule has 1 aromatic heterocycles. The summed E-state index contributed by atoms with van der Waals surface area (Å²) in [5, 5.41) is 0. The number of hydrogen-bond acceptors (Lipinski definition) is 3. The summed E-state index contributed by atoms with van der Waals surface area (Å²) in [6.07, 6.45) is 3.63. The Morgan fingerprint density at radius 3 is 2.82 bits per heavy atom. The Bertz CT molecular complexity index is 399. The second kappa shape index (κ2) is 5.32. The lowest BCUT2D eigenvalue weighted by Gasteiger charge is -2.26. The fourth-order valence-corrected chi connectivity index (χ4v) is 3.47. The first-order valence-electron chi connectivity index (χ1n) is 6.47. The summed E-state index contributed by atoms with van der Waals surface area (Å²) >= 11 is 1.61. The zero-order valence-electron chi connectivity index (χ0n) is 10.9. The molecule has 1 saturated heterocycles. The Kier molecular flexibility index (Phi) is 4.00. The second-order valence-corrected chi connectivity index (χ2v) is 6.28. The van der Waals surface area contributed by atoms with E-state index < -0.39 is 0 Å². The van der Waals surface area contributed by atoms with Gasteiger partial charge in [-0.2, -0.15) is 0 Å². The van der Waals surface area contributed by atoms with Gasteiger partial charge < -0.3 is 0 Å². The Morgan fingerprint density at radius 1 is 1.47 bits per heavy atom. The molecule has 0 aromatic carbocycles. The highest BCUT2D eigenvalue weighted by Crippen LogP contribution is 2.26. The van der Waals surface area contributed by atoms with Crippen molar-refractivity contribution in [1.82, 2.24) is 4.90 Å². The quantitative estimate of drug-likeness (QED) is 0.763. The Labute approximate surface area is 108 Å². The van der Waals surface area contributed by atoms with Gasteiger partial charge in [-0.3, -0.25) is 9.69 Å². The molecule has 2 rings (SSSR count). The number of likely N-dealkylation sites (tertiary alicyclic amines) is 1. The van der Waals surface area contributed by atoms with E-state index in [0.29, 0.717) is 18.6 Å². The van der Waals surface area contributed by atoms with Crippen molar-refractivity contribution in [1.29, 1.82) is 0 Å². The van der Waals surface area contributed by atoms with E-state index in [1.54, 1.807) is 11.3 Å². The third-order valence-electron chi connectivity index (χ3n) is 3.77. The summed E-state index contributed by atoms with van der Waals surface area (Å²) < 4.78 is 0. The fraction of sp³-hybridized carbons (Fsp3) is 0.643. The number of carbonyl (C=O) groups is 1. The Balaban J connectivity index is 2.02. The van der Waals surface area contributed by atoms with Crippen molar-refractivity contribution in [2.45, 2.75) is 52.1 Å². The number of nitrogens with zero attached hydrogens (tertiary/aromatic N) is 1. The molecule has 0 amide bonds. The van der Waals surface area contributed by atoms with Gasteiger partial charge in [-0.15, -0.1) is 11.3 Å². The Morgan fingerprint density at radius 2 is 2.24 bits per heavy atom. The standard InChI is InChI=1S/C14H21NOS/c1-4-12-7-5-10(2)15(12)9-13(16)14-8-6-11(3)17-14/h6,8,10,12H,4-5,7,9H2,1-3H3. The highest BCUT2D eigenvalue weighted by atomic mass is 32.1. The maximum Gasteiger partial charge on any atom is 0.186 e. The van der Waals surface area contributed by atoms with E-state index in [0.717, 1.165) is 11.3 Å². The van der Waals surface area contributed by atoms with Gasteiger partial charge in [-0.1, -0.05) is 6.92 Å². The number of thiophene rings is 1. The van der Waals surface area contributed by atoms with Crippen molar-refractivity contribution in [2.75, 3.05) is 6.54 Å². The van der Waals surface area contributed by atoms with Crippen molar-refractivity contribution in [2.24, 2.45) is 0 Å². The van der Waals surface area contributed by atoms with Crippen LogP contribution in [0.5, 0.6) is 0 Å². The molecule has 0 saturated carbocycles. The van der Waals surface area contributed by atoms with E-state index in [1.807, 2.05) is 12.1 Å². The first-order chi connectivity index (χ1) is 8.11. The van der Waals surface area contributed by atoms with E-state index >= 15 is 0 Å². The number of carbonyl (C=O) groups excluding carboxylic acids is 1. The van der Waals surface area contributed by atoms with Gasteiger partial charge in [0.15, 0.2) is 5.78 Å². The van der Waals surface area contributed by atoms with E-state index in [9.17, 15) is 4.79 Å². The van der Waals surface area contributed by atoms with Gasteiger partial charge in [0.2, 0.25) is 0 Å². The van der Waals surface area contributed by atoms with Crippen LogP contribution in [-0.2, 0) is 0 Å². The van der Waals surface area contributed by atoms with Crippen LogP contribution in [0.1, 0.15) is 47.7 Å². The molecule has 1 aliphatic heterocycles. The molecule has 1 aliphatic rings. The van der Waals surface area contributed by atoms with Gasteiger partial charge in [0.25, 0.3) is 0 Å². The molecule has 2 unspecified atom stereocenters.